The number of piperidine rings is 1. The number of hydrogen-bond acceptors (Lipinski definition) is 7. The van der Waals surface area contributed by atoms with Crippen molar-refractivity contribution in [3.8, 4) is 17.2 Å². The lowest BCUT2D eigenvalue weighted by Gasteiger charge is -2.30. The number of aromatic nitrogens is 2. The number of anilines is 1. The smallest absolute Gasteiger partial charge is 0.286 e. The Morgan fingerprint density at radius 2 is 1.73 bits per heavy atom. The molecule has 40 heavy (non-hydrogen) atoms. The van der Waals surface area contributed by atoms with Gasteiger partial charge in [-0.15, -0.1) is 0 Å². The molecule has 3 aromatic carbocycles. The van der Waals surface area contributed by atoms with Gasteiger partial charge in [-0.3, -0.25) is 14.9 Å². The topological polar surface area (TPSA) is 85.7 Å². The molecule has 9 heteroatoms. The van der Waals surface area contributed by atoms with Gasteiger partial charge in [-0.2, -0.15) is 0 Å². The highest BCUT2D eigenvalue weighted by Gasteiger charge is 2.43. The summed E-state index contributed by atoms with van der Waals surface area (Å²) in [5.74, 6) is 2.90. The summed E-state index contributed by atoms with van der Waals surface area (Å²) in [6.45, 7) is 4.22. The van der Waals surface area contributed by atoms with E-state index in [1.807, 2.05) is 66.2 Å². The van der Waals surface area contributed by atoms with Gasteiger partial charge in [-0.25, -0.2) is 4.98 Å². The number of imide groups is 1. The molecule has 0 unspecified atom stereocenters. The zero-order chi connectivity index (χ0) is 27.7. The van der Waals surface area contributed by atoms with E-state index in [4.69, 9.17) is 14.5 Å². The Morgan fingerprint density at radius 1 is 0.975 bits per heavy atom. The number of carbonyl (C=O) groups is 2. The van der Waals surface area contributed by atoms with Gasteiger partial charge in [0.15, 0.2) is 5.75 Å². The molecular formula is C31H32N4O4S. The van der Waals surface area contributed by atoms with E-state index in [0.29, 0.717) is 18.8 Å². The molecule has 4 aromatic rings. The zero-order valence-corrected chi connectivity index (χ0v) is 23.5. The van der Waals surface area contributed by atoms with E-state index in [2.05, 4.69) is 22.3 Å². The third-order valence-electron chi connectivity index (χ3n) is 7.58. The summed E-state index contributed by atoms with van der Waals surface area (Å²) in [4.78, 5) is 30.9. The summed E-state index contributed by atoms with van der Waals surface area (Å²) in [6.07, 6.45) is 4.18. The van der Waals surface area contributed by atoms with E-state index in [1.165, 1.54) is 19.3 Å². The molecule has 6 rings (SSSR count). The van der Waals surface area contributed by atoms with Crippen LogP contribution in [0.2, 0.25) is 0 Å². The van der Waals surface area contributed by atoms with Gasteiger partial charge in [-0.1, -0.05) is 24.3 Å². The van der Waals surface area contributed by atoms with Crippen molar-refractivity contribution in [3.05, 3.63) is 78.1 Å². The van der Waals surface area contributed by atoms with Crippen molar-refractivity contribution in [1.82, 2.24) is 14.9 Å². The minimum atomic E-state index is -0.787. The van der Waals surface area contributed by atoms with Crippen molar-refractivity contribution in [2.45, 2.75) is 44.0 Å². The quantitative estimate of drug-likeness (QED) is 0.276. The van der Waals surface area contributed by atoms with Crippen molar-refractivity contribution >= 4 is 39.6 Å². The molecule has 2 amide bonds. The molecule has 0 radical (unpaired) electrons. The minimum absolute atomic E-state index is 0.246. The lowest BCUT2D eigenvalue weighted by molar-refractivity contribution is -0.121. The maximum Gasteiger partial charge on any atom is 0.286 e. The van der Waals surface area contributed by atoms with E-state index in [1.54, 1.807) is 6.92 Å². The third kappa shape index (κ3) is 5.38. The Bertz CT molecular complexity index is 1560. The number of carbonyl (C=O) groups excluding carboxylic acids is 2. The summed E-state index contributed by atoms with van der Waals surface area (Å²) in [6, 6.07) is 21.8. The highest BCUT2D eigenvalue weighted by Crippen LogP contribution is 2.36. The Morgan fingerprint density at radius 3 is 2.48 bits per heavy atom. The van der Waals surface area contributed by atoms with E-state index >= 15 is 0 Å². The predicted octanol–water partition coefficient (Wildman–Crippen LogP) is 6.22. The Labute approximate surface area is 237 Å². The molecule has 1 atom stereocenters. The van der Waals surface area contributed by atoms with Crippen LogP contribution in [0, 0.1) is 0 Å². The number of imidazole rings is 1. The van der Waals surface area contributed by atoms with Crippen LogP contribution in [0.1, 0.15) is 37.6 Å². The van der Waals surface area contributed by atoms with Crippen LogP contribution in [0.4, 0.5) is 10.5 Å². The van der Waals surface area contributed by atoms with E-state index in [-0.39, 0.29) is 11.1 Å². The average molecular weight is 557 g/mol. The molecule has 2 saturated heterocycles. The van der Waals surface area contributed by atoms with Crippen molar-refractivity contribution in [1.29, 1.82) is 0 Å². The number of amides is 2. The number of rotatable bonds is 8. The first-order chi connectivity index (χ1) is 19.4. The first kappa shape index (κ1) is 26.3. The summed E-state index contributed by atoms with van der Waals surface area (Å²) < 4.78 is 13.7. The molecule has 0 aliphatic carbocycles. The number of nitrogens with one attached hydrogen (secondary N) is 1. The number of ether oxygens (including phenoxy) is 2. The summed E-state index contributed by atoms with van der Waals surface area (Å²) in [5.41, 5.74) is 3.95. The van der Waals surface area contributed by atoms with Gasteiger partial charge < -0.3 is 18.9 Å². The Balaban J connectivity index is 1.13. The standard InChI is InChI=1S/C31H32N4O4S/c1-31(29(36)33-30(37)40-31)19-21-10-12-22(13-11-21)38-20-28-32-24-15-14-23(18-26(24)34(28)2)39-27-9-5-4-8-25(27)35-16-6-3-7-17-35/h4-5,8-15,18H,3,6-7,16-17,19-20H2,1-2H3,(H,33,36,37)/t31-/m1/s1. The van der Waals surface area contributed by atoms with Gasteiger partial charge in [0, 0.05) is 26.2 Å². The van der Waals surface area contributed by atoms with Crippen molar-refractivity contribution in [2.24, 2.45) is 7.05 Å². The SMILES string of the molecule is Cn1c(COc2ccc(C[C@@]3(C)SC(=O)NC3=O)cc2)nc2ccc(Oc3ccccc3N3CCCCC3)cc21. The largest absolute Gasteiger partial charge is 0.486 e. The predicted molar refractivity (Wildman–Crippen MR) is 157 cm³/mol. The molecule has 3 heterocycles. The van der Waals surface area contributed by atoms with Gasteiger partial charge >= 0.3 is 0 Å². The number of benzene rings is 3. The maximum absolute atomic E-state index is 12.1. The van der Waals surface area contributed by atoms with Gasteiger partial charge in [0.2, 0.25) is 5.91 Å². The lowest BCUT2D eigenvalue weighted by atomic mass is 9.99. The number of fused-ring (bicyclic) bond motifs is 1. The van der Waals surface area contributed by atoms with E-state index in [0.717, 1.165) is 64.5 Å². The van der Waals surface area contributed by atoms with Crippen molar-refractivity contribution in [3.63, 3.8) is 0 Å². The molecule has 0 bridgehead atoms. The van der Waals surface area contributed by atoms with Gasteiger partial charge in [-0.05, 0) is 86.3 Å². The van der Waals surface area contributed by atoms with Crippen LogP contribution in [0.3, 0.4) is 0 Å². The average Bonchev–Trinajstić information content (AvgIpc) is 3.41. The number of hydrogen-bond donors (Lipinski definition) is 1. The monoisotopic (exact) mass is 556 g/mol. The number of aryl methyl sites for hydroxylation is 1. The van der Waals surface area contributed by atoms with Crippen LogP contribution in [-0.4, -0.2) is 38.5 Å². The first-order valence-electron chi connectivity index (χ1n) is 13.6. The summed E-state index contributed by atoms with van der Waals surface area (Å²) in [5, 5.41) is 2.07. The minimum Gasteiger partial charge on any atom is -0.486 e. The van der Waals surface area contributed by atoms with Gasteiger partial charge in [0.25, 0.3) is 5.24 Å². The van der Waals surface area contributed by atoms with Crippen molar-refractivity contribution < 1.29 is 19.1 Å². The van der Waals surface area contributed by atoms with Gasteiger partial charge in [0.1, 0.15) is 28.7 Å². The summed E-state index contributed by atoms with van der Waals surface area (Å²) in [7, 11) is 1.98. The molecule has 8 nitrogen and oxygen atoms in total. The normalized spacial score (nSPS) is 19.2. The van der Waals surface area contributed by atoms with Crippen LogP contribution in [0.15, 0.2) is 66.7 Å². The number of thioether (sulfide) groups is 1. The second-order valence-electron chi connectivity index (χ2n) is 10.5. The van der Waals surface area contributed by atoms with Crippen LogP contribution in [0.5, 0.6) is 17.2 Å². The maximum atomic E-state index is 12.1. The lowest BCUT2D eigenvalue weighted by Crippen LogP contribution is -2.35. The Kier molecular flexibility index (Phi) is 7.14. The molecule has 1 N–H and O–H groups in total. The fraction of sp³-hybridized carbons (Fsp3) is 0.323. The number of nitrogens with zero attached hydrogens (tertiary/aromatic N) is 3. The molecule has 0 saturated carbocycles. The molecular weight excluding hydrogens is 524 g/mol. The first-order valence-corrected chi connectivity index (χ1v) is 14.4. The summed E-state index contributed by atoms with van der Waals surface area (Å²) >= 11 is 1.04. The number of para-hydroxylation sites is 2. The zero-order valence-electron chi connectivity index (χ0n) is 22.7. The van der Waals surface area contributed by atoms with Crippen LogP contribution in [0.25, 0.3) is 11.0 Å². The third-order valence-corrected chi connectivity index (χ3v) is 8.65. The van der Waals surface area contributed by atoms with Gasteiger partial charge in [0.05, 0.1) is 16.7 Å². The fourth-order valence-corrected chi connectivity index (χ4v) is 6.27. The molecule has 206 valence electrons. The highest BCUT2D eigenvalue weighted by molar-refractivity contribution is 8.16. The van der Waals surface area contributed by atoms with Crippen LogP contribution < -0.4 is 19.7 Å². The molecule has 1 aromatic heterocycles. The molecule has 2 aliphatic rings. The van der Waals surface area contributed by atoms with Crippen LogP contribution >= 0.6 is 11.8 Å². The molecule has 0 spiro atoms. The second-order valence-corrected chi connectivity index (χ2v) is 12.0. The van der Waals surface area contributed by atoms with Crippen LogP contribution in [-0.2, 0) is 24.9 Å². The van der Waals surface area contributed by atoms with E-state index in [9.17, 15) is 9.59 Å². The second kappa shape index (κ2) is 10.9. The van der Waals surface area contributed by atoms with E-state index < -0.39 is 4.75 Å². The molecule has 2 aliphatic heterocycles. The fourth-order valence-electron chi connectivity index (χ4n) is 5.34. The Hall–Kier alpha value is -3.98. The van der Waals surface area contributed by atoms with Crippen molar-refractivity contribution in [2.75, 3.05) is 18.0 Å². The highest BCUT2D eigenvalue weighted by atomic mass is 32.2. The molecule has 2 fully saturated rings.